The van der Waals surface area contributed by atoms with Gasteiger partial charge in [0.05, 0.1) is 0 Å². The molecule has 0 heterocycles. The highest BCUT2D eigenvalue weighted by Gasteiger charge is 2.14. The van der Waals surface area contributed by atoms with E-state index in [1.807, 2.05) is 56.3 Å². The van der Waals surface area contributed by atoms with Crippen molar-refractivity contribution in [3.63, 3.8) is 0 Å². The Kier molecular flexibility index (Phi) is 4.93. The molecule has 0 aliphatic rings. The SMILES string of the molecule is CC(C)/C=N\NC(=O)[C@H](C)Oc1ccc2ccccc2c1. The van der Waals surface area contributed by atoms with E-state index in [0.29, 0.717) is 11.7 Å². The largest absolute Gasteiger partial charge is 0.481 e. The summed E-state index contributed by atoms with van der Waals surface area (Å²) < 4.78 is 5.66. The van der Waals surface area contributed by atoms with Gasteiger partial charge in [-0.05, 0) is 35.7 Å². The molecular weight excluding hydrogens is 264 g/mol. The van der Waals surface area contributed by atoms with Gasteiger partial charge in [0.15, 0.2) is 6.10 Å². The van der Waals surface area contributed by atoms with Crippen LogP contribution in [-0.2, 0) is 4.79 Å². The fraction of sp³-hybridized carbons (Fsp3) is 0.294. The summed E-state index contributed by atoms with van der Waals surface area (Å²) in [6.45, 7) is 5.69. The predicted molar refractivity (Wildman–Crippen MR) is 85.5 cm³/mol. The van der Waals surface area contributed by atoms with Crippen molar-refractivity contribution < 1.29 is 9.53 Å². The molecule has 1 N–H and O–H groups in total. The van der Waals surface area contributed by atoms with Crippen LogP contribution in [0.5, 0.6) is 5.75 Å². The molecular formula is C17H20N2O2. The summed E-state index contributed by atoms with van der Waals surface area (Å²) in [5.74, 6) is 0.700. The first-order valence-electron chi connectivity index (χ1n) is 7.05. The zero-order chi connectivity index (χ0) is 15.2. The summed E-state index contributed by atoms with van der Waals surface area (Å²) >= 11 is 0. The lowest BCUT2D eigenvalue weighted by atomic mass is 10.1. The van der Waals surface area contributed by atoms with Gasteiger partial charge in [0.1, 0.15) is 5.75 Å². The minimum Gasteiger partial charge on any atom is -0.481 e. The Morgan fingerprint density at radius 1 is 1.14 bits per heavy atom. The Morgan fingerprint density at radius 3 is 2.57 bits per heavy atom. The van der Waals surface area contributed by atoms with E-state index in [-0.39, 0.29) is 5.91 Å². The van der Waals surface area contributed by atoms with Crippen LogP contribution < -0.4 is 10.2 Å². The summed E-state index contributed by atoms with van der Waals surface area (Å²) in [4.78, 5) is 11.8. The van der Waals surface area contributed by atoms with Crippen molar-refractivity contribution >= 4 is 22.9 Å². The lowest BCUT2D eigenvalue weighted by Gasteiger charge is -2.13. The number of carbonyl (C=O) groups excluding carboxylic acids is 1. The maximum atomic E-state index is 11.8. The molecule has 0 bridgehead atoms. The van der Waals surface area contributed by atoms with E-state index < -0.39 is 6.10 Å². The molecule has 0 fully saturated rings. The molecule has 110 valence electrons. The van der Waals surface area contributed by atoms with Gasteiger partial charge in [0.2, 0.25) is 0 Å². The molecule has 1 amide bonds. The van der Waals surface area contributed by atoms with Gasteiger partial charge in [-0.2, -0.15) is 5.10 Å². The first-order chi connectivity index (χ1) is 10.1. The molecule has 0 radical (unpaired) electrons. The second-order valence-corrected chi connectivity index (χ2v) is 5.27. The number of rotatable bonds is 5. The van der Waals surface area contributed by atoms with Gasteiger partial charge < -0.3 is 4.74 Å². The summed E-state index contributed by atoms with van der Waals surface area (Å²) in [6, 6.07) is 13.8. The third kappa shape index (κ3) is 4.31. The highest BCUT2D eigenvalue weighted by molar-refractivity contribution is 5.84. The Bertz CT molecular complexity index is 650. The molecule has 2 rings (SSSR count). The quantitative estimate of drug-likeness (QED) is 0.676. The number of hydrogen-bond acceptors (Lipinski definition) is 3. The number of hydrogen-bond donors (Lipinski definition) is 1. The van der Waals surface area contributed by atoms with Crippen LogP contribution in [0.3, 0.4) is 0 Å². The van der Waals surface area contributed by atoms with Crippen molar-refractivity contribution in [2.24, 2.45) is 11.0 Å². The van der Waals surface area contributed by atoms with Crippen LogP contribution in [0.25, 0.3) is 10.8 Å². The van der Waals surface area contributed by atoms with Crippen molar-refractivity contribution in [2.45, 2.75) is 26.9 Å². The molecule has 0 spiro atoms. The number of benzene rings is 2. The summed E-state index contributed by atoms with van der Waals surface area (Å²) in [7, 11) is 0. The third-order valence-electron chi connectivity index (χ3n) is 2.95. The lowest BCUT2D eigenvalue weighted by molar-refractivity contribution is -0.127. The van der Waals surface area contributed by atoms with E-state index >= 15 is 0 Å². The minimum absolute atomic E-state index is 0.264. The standard InChI is InChI=1S/C17H20N2O2/c1-12(2)11-18-19-17(20)13(3)21-16-9-8-14-6-4-5-7-15(14)10-16/h4-13H,1-3H3,(H,19,20)/b18-11-/t13-/m0/s1. The Hall–Kier alpha value is -2.36. The van der Waals surface area contributed by atoms with Crippen molar-refractivity contribution in [1.29, 1.82) is 0 Å². The first kappa shape index (κ1) is 15.0. The topological polar surface area (TPSA) is 50.7 Å². The van der Waals surface area contributed by atoms with Crippen molar-refractivity contribution in [3.8, 4) is 5.75 Å². The van der Waals surface area contributed by atoms with Gasteiger partial charge in [0, 0.05) is 6.21 Å². The number of fused-ring (bicyclic) bond motifs is 1. The van der Waals surface area contributed by atoms with Crippen LogP contribution >= 0.6 is 0 Å². The molecule has 21 heavy (non-hydrogen) atoms. The molecule has 2 aromatic rings. The average molecular weight is 284 g/mol. The Labute approximate surface area is 124 Å². The van der Waals surface area contributed by atoms with E-state index in [0.717, 1.165) is 10.8 Å². The molecule has 4 heteroatoms. The van der Waals surface area contributed by atoms with Gasteiger partial charge in [-0.15, -0.1) is 0 Å². The number of nitrogens with zero attached hydrogens (tertiary/aromatic N) is 1. The van der Waals surface area contributed by atoms with E-state index in [9.17, 15) is 4.79 Å². The van der Waals surface area contributed by atoms with Gasteiger partial charge in [-0.25, -0.2) is 5.43 Å². The van der Waals surface area contributed by atoms with Crippen LogP contribution in [0.2, 0.25) is 0 Å². The molecule has 1 atom stereocenters. The number of ether oxygens (including phenoxy) is 1. The van der Waals surface area contributed by atoms with E-state index in [2.05, 4.69) is 10.5 Å². The van der Waals surface area contributed by atoms with Crippen molar-refractivity contribution in [2.75, 3.05) is 0 Å². The van der Waals surface area contributed by atoms with Gasteiger partial charge in [-0.1, -0.05) is 44.2 Å². The zero-order valence-electron chi connectivity index (χ0n) is 12.5. The van der Waals surface area contributed by atoms with Crippen LogP contribution in [-0.4, -0.2) is 18.2 Å². The number of nitrogens with one attached hydrogen (secondary N) is 1. The fourth-order valence-corrected chi connectivity index (χ4v) is 1.84. The third-order valence-corrected chi connectivity index (χ3v) is 2.95. The first-order valence-corrected chi connectivity index (χ1v) is 7.05. The molecule has 0 saturated heterocycles. The molecule has 4 nitrogen and oxygen atoms in total. The van der Waals surface area contributed by atoms with Crippen LogP contribution in [0.4, 0.5) is 0 Å². The van der Waals surface area contributed by atoms with Crippen molar-refractivity contribution in [1.82, 2.24) is 5.43 Å². The van der Waals surface area contributed by atoms with Gasteiger partial charge >= 0.3 is 0 Å². The maximum absolute atomic E-state index is 11.8. The van der Waals surface area contributed by atoms with E-state index in [1.165, 1.54) is 0 Å². The Morgan fingerprint density at radius 2 is 1.86 bits per heavy atom. The second kappa shape index (κ2) is 6.88. The smallest absolute Gasteiger partial charge is 0.280 e. The molecule has 0 aliphatic carbocycles. The monoisotopic (exact) mass is 284 g/mol. The predicted octanol–water partition coefficient (Wildman–Crippen LogP) is 3.37. The van der Waals surface area contributed by atoms with Crippen LogP contribution in [0.1, 0.15) is 20.8 Å². The number of carbonyl (C=O) groups is 1. The molecule has 0 aliphatic heterocycles. The Balaban J connectivity index is 2.00. The highest BCUT2D eigenvalue weighted by Crippen LogP contribution is 2.21. The molecule has 0 aromatic heterocycles. The molecule has 2 aromatic carbocycles. The summed E-state index contributed by atoms with van der Waals surface area (Å²) in [6.07, 6.45) is 1.08. The summed E-state index contributed by atoms with van der Waals surface area (Å²) in [5, 5.41) is 6.10. The average Bonchev–Trinajstić information content (AvgIpc) is 2.46. The van der Waals surface area contributed by atoms with Gasteiger partial charge in [-0.3, -0.25) is 4.79 Å². The van der Waals surface area contributed by atoms with Crippen LogP contribution in [0.15, 0.2) is 47.6 Å². The zero-order valence-corrected chi connectivity index (χ0v) is 12.5. The van der Waals surface area contributed by atoms with E-state index in [4.69, 9.17) is 4.74 Å². The molecule has 0 saturated carbocycles. The normalized spacial score (nSPS) is 12.8. The van der Waals surface area contributed by atoms with E-state index in [1.54, 1.807) is 13.1 Å². The highest BCUT2D eigenvalue weighted by atomic mass is 16.5. The maximum Gasteiger partial charge on any atom is 0.280 e. The van der Waals surface area contributed by atoms with Gasteiger partial charge in [0.25, 0.3) is 5.91 Å². The fourth-order valence-electron chi connectivity index (χ4n) is 1.84. The van der Waals surface area contributed by atoms with Crippen molar-refractivity contribution in [3.05, 3.63) is 42.5 Å². The summed E-state index contributed by atoms with van der Waals surface area (Å²) in [5.41, 5.74) is 2.48. The second-order valence-electron chi connectivity index (χ2n) is 5.27. The molecule has 0 unspecified atom stereocenters. The minimum atomic E-state index is -0.601. The number of hydrazone groups is 1. The lowest BCUT2D eigenvalue weighted by Crippen LogP contribution is -2.33. The number of amides is 1. The van der Waals surface area contributed by atoms with Crippen LogP contribution in [0, 0.1) is 5.92 Å².